The molecule has 24 heavy (non-hydrogen) atoms. The van der Waals surface area contributed by atoms with Crippen molar-refractivity contribution < 1.29 is 24.2 Å². The highest BCUT2D eigenvalue weighted by molar-refractivity contribution is 7.09. The molecule has 1 aromatic heterocycles. The van der Waals surface area contributed by atoms with Crippen molar-refractivity contribution >= 4 is 28.3 Å². The van der Waals surface area contributed by atoms with Crippen LogP contribution in [0.15, 0.2) is 5.16 Å². The Kier molecular flexibility index (Phi) is 10.7. The summed E-state index contributed by atoms with van der Waals surface area (Å²) in [6.07, 6.45) is 4.70. The molecule has 0 saturated carbocycles. The molecular weight excluding hydrogens is 336 g/mol. The second-order valence-electron chi connectivity index (χ2n) is 4.82. The molecule has 0 unspecified atom stereocenters. The van der Waals surface area contributed by atoms with Gasteiger partial charge in [-0.1, -0.05) is 31.3 Å². The number of aliphatic carboxylic acids is 1. The monoisotopic (exact) mass is 360 g/mol. The van der Waals surface area contributed by atoms with Crippen molar-refractivity contribution in [3.63, 3.8) is 0 Å². The lowest BCUT2D eigenvalue weighted by molar-refractivity contribution is -0.129. The maximum absolute atomic E-state index is 11.1. The normalized spacial score (nSPS) is 11.6. The molecule has 9 nitrogen and oxygen atoms in total. The van der Waals surface area contributed by atoms with Crippen LogP contribution in [0, 0.1) is 0 Å². The summed E-state index contributed by atoms with van der Waals surface area (Å²) in [6, 6.07) is 0. The van der Waals surface area contributed by atoms with E-state index in [1.165, 1.54) is 19.3 Å². The van der Waals surface area contributed by atoms with Crippen molar-refractivity contribution in [2.45, 2.75) is 32.6 Å². The summed E-state index contributed by atoms with van der Waals surface area (Å²) in [4.78, 5) is 19.7. The summed E-state index contributed by atoms with van der Waals surface area (Å²) >= 11 is 0.889. The fourth-order valence-corrected chi connectivity index (χ4v) is 2.10. The van der Waals surface area contributed by atoms with E-state index in [0.717, 1.165) is 24.6 Å². The largest absolute Gasteiger partial charge is 0.476 e. The number of nitrogens with two attached hydrogens (primary N) is 1. The molecule has 0 aliphatic rings. The molecule has 1 rings (SSSR count). The van der Waals surface area contributed by atoms with E-state index in [1.807, 2.05) is 0 Å². The Morgan fingerprint density at radius 3 is 2.50 bits per heavy atom. The van der Waals surface area contributed by atoms with Gasteiger partial charge in [0.2, 0.25) is 11.5 Å². The Balaban J connectivity index is 2.08. The Morgan fingerprint density at radius 1 is 1.17 bits per heavy atom. The molecule has 1 heterocycles. The predicted octanol–water partition coefficient (Wildman–Crippen LogP) is 1.54. The number of ether oxygens (including phenoxy) is 2. The summed E-state index contributed by atoms with van der Waals surface area (Å²) in [7, 11) is 0. The quantitative estimate of drug-likeness (QED) is 0.290. The number of rotatable bonds is 14. The number of aromatic nitrogens is 2. The number of nitrogens with zero attached hydrogens (tertiary/aromatic N) is 3. The van der Waals surface area contributed by atoms with Crippen LogP contribution in [0.3, 0.4) is 0 Å². The van der Waals surface area contributed by atoms with Gasteiger partial charge in [0.25, 0.3) is 0 Å². The van der Waals surface area contributed by atoms with Crippen LogP contribution >= 0.6 is 11.5 Å². The molecule has 0 spiro atoms. The molecule has 0 bridgehead atoms. The molecule has 10 heteroatoms. The number of hydrogen-bond donors (Lipinski definition) is 2. The maximum atomic E-state index is 11.1. The van der Waals surface area contributed by atoms with Crippen molar-refractivity contribution in [2.24, 2.45) is 5.16 Å². The first-order valence-electron chi connectivity index (χ1n) is 7.83. The van der Waals surface area contributed by atoms with Gasteiger partial charge in [-0.2, -0.15) is 9.36 Å². The van der Waals surface area contributed by atoms with E-state index in [-0.39, 0.29) is 24.2 Å². The SMILES string of the molecule is CCCCCCOCCOCCON=C(C(=O)O)c1nsc(N)n1. The van der Waals surface area contributed by atoms with Crippen LogP contribution < -0.4 is 5.73 Å². The van der Waals surface area contributed by atoms with Crippen LogP contribution in [0.4, 0.5) is 5.13 Å². The second kappa shape index (κ2) is 12.6. The minimum Gasteiger partial charge on any atom is -0.476 e. The van der Waals surface area contributed by atoms with Crippen molar-refractivity contribution in [3.8, 4) is 0 Å². The van der Waals surface area contributed by atoms with Crippen LogP contribution in [-0.2, 0) is 19.1 Å². The molecular formula is C14H24N4O5S. The van der Waals surface area contributed by atoms with E-state index < -0.39 is 11.7 Å². The highest BCUT2D eigenvalue weighted by Crippen LogP contribution is 2.07. The zero-order valence-corrected chi connectivity index (χ0v) is 14.6. The number of carboxylic acid groups (broad SMARTS) is 1. The van der Waals surface area contributed by atoms with Gasteiger partial charge >= 0.3 is 5.97 Å². The van der Waals surface area contributed by atoms with Crippen molar-refractivity contribution in [3.05, 3.63) is 5.82 Å². The van der Waals surface area contributed by atoms with Gasteiger partial charge in [-0.05, 0) is 6.42 Å². The number of carboxylic acids is 1. The minimum atomic E-state index is -1.29. The smallest absolute Gasteiger partial charge is 0.362 e. The number of oxime groups is 1. The molecule has 0 amide bonds. The van der Waals surface area contributed by atoms with Gasteiger partial charge in [-0.15, -0.1) is 0 Å². The minimum absolute atomic E-state index is 0.0672. The standard InChI is InChI=1S/C14H24N4O5S/c1-2-3-4-5-6-21-7-8-22-9-10-23-17-11(13(19)20)12-16-14(15)24-18-12/h2-10H2,1H3,(H,19,20)(H2,15,16,18). The zero-order chi connectivity index (χ0) is 17.6. The third-order valence-corrected chi connectivity index (χ3v) is 3.39. The Hall–Kier alpha value is -1.78. The zero-order valence-electron chi connectivity index (χ0n) is 13.8. The maximum Gasteiger partial charge on any atom is 0.362 e. The third-order valence-electron chi connectivity index (χ3n) is 2.85. The van der Waals surface area contributed by atoms with Crippen molar-refractivity contribution in [1.82, 2.24) is 9.36 Å². The lowest BCUT2D eigenvalue weighted by Gasteiger charge is -2.05. The van der Waals surface area contributed by atoms with Crippen LogP contribution in [0.5, 0.6) is 0 Å². The fourth-order valence-electron chi connectivity index (χ4n) is 1.67. The third kappa shape index (κ3) is 8.75. The molecule has 1 aromatic rings. The van der Waals surface area contributed by atoms with Gasteiger partial charge in [0.05, 0.1) is 19.8 Å². The molecule has 0 fully saturated rings. The molecule has 136 valence electrons. The van der Waals surface area contributed by atoms with Gasteiger partial charge < -0.3 is 25.2 Å². The van der Waals surface area contributed by atoms with E-state index in [2.05, 4.69) is 21.4 Å². The average molecular weight is 360 g/mol. The first-order chi connectivity index (χ1) is 11.6. The average Bonchev–Trinajstić information content (AvgIpc) is 2.97. The van der Waals surface area contributed by atoms with E-state index in [4.69, 9.17) is 25.2 Å². The summed E-state index contributed by atoms with van der Waals surface area (Å²) in [5, 5.41) is 12.7. The van der Waals surface area contributed by atoms with Crippen LogP contribution in [0.2, 0.25) is 0 Å². The first-order valence-corrected chi connectivity index (χ1v) is 8.60. The Bertz CT molecular complexity index is 509. The molecule has 0 saturated heterocycles. The van der Waals surface area contributed by atoms with E-state index >= 15 is 0 Å². The summed E-state index contributed by atoms with van der Waals surface area (Å²) in [5.74, 6) is -1.35. The van der Waals surface area contributed by atoms with E-state index in [9.17, 15) is 4.79 Å². The number of nitrogen functional groups attached to an aromatic ring is 1. The molecule has 0 aromatic carbocycles. The number of hydrogen-bond acceptors (Lipinski definition) is 9. The van der Waals surface area contributed by atoms with Gasteiger partial charge in [-0.3, -0.25) is 0 Å². The number of carbonyl (C=O) groups is 1. The number of unbranched alkanes of at least 4 members (excludes halogenated alkanes) is 3. The predicted molar refractivity (Wildman–Crippen MR) is 90.2 cm³/mol. The van der Waals surface area contributed by atoms with Crippen LogP contribution in [-0.4, -0.2) is 59.2 Å². The van der Waals surface area contributed by atoms with Gasteiger partial charge in [-0.25, -0.2) is 4.79 Å². The molecule has 0 atom stereocenters. The Morgan fingerprint density at radius 2 is 1.88 bits per heavy atom. The molecule has 0 aliphatic heterocycles. The van der Waals surface area contributed by atoms with Gasteiger partial charge in [0.15, 0.2) is 5.13 Å². The molecule has 0 aliphatic carbocycles. The highest BCUT2D eigenvalue weighted by Gasteiger charge is 2.18. The van der Waals surface area contributed by atoms with Crippen LogP contribution in [0.25, 0.3) is 0 Å². The highest BCUT2D eigenvalue weighted by atomic mass is 32.1. The van der Waals surface area contributed by atoms with Gasteiger partial charge in [0.1, 0.15) is 6.61 Å². The lowest BCUT2D eigenvalue weighted by atomic mass is 10.2. The summed E-state index contributed by atoms with van der Waals surface area (Å²) in [5.41, 5.74) is 5.02. The van der Waals surface area contributed by atoms with Crippen molar-refractivity contribution in [1.29, 1.82) is 0 Å². The first kappa shape index (κ1) is 20.3. The molecule has 3 N–H and O–H groups in total. The van der Waals surface area contributed by atoms with E-state index in [1.54, 1.807) is 0 Å². The second-order valence-corrected chi connectivity index (χ2v) is 5.60. The Labute approximate surface area is 145 Å². The van der Waals surface area contributed by atoms with Crippen LogP contribution in [0.1, 0.15) is 38.4 Å². The number of anilines is 1. The summed E-state index contributed by atoms with van der Waals surface area (Å²) in [6.45, 7) is 4.29. The van der Waals surface area contributed by atoms with Crippen molar-refractivity contribution in [2.75, 3.05) is 38.8 Å². The van der Waals surface area contributed by atoms with E-state index in [0.29, 0.717) is 13.2 Å². The topological polar surface area (TPSA) is 129 Å². The summed E-state index contributed by atoms with van der Waals surface area (Å²) < 4.78 is 14.5. The fraction of sp³-hybridized carbons (Fsp3) is 0.714. The lowest BCUT2D eigenvalue weighted by Crippen LogP contribution is -2.17. The molecule has 0 radical (unpaired) electrons. The van der Waals surface area contributed by atoms with Gasteiger partial charge in [0, 0.05) is 18.1 Å².